The molecule has 3 heterocycles. The van der Waals surface area contributed by atoms with Gasteiger partial charge in [-0.3, -0.25) is 4.79 Å². The number of carbonyl (C=O) groups excluding carboxylic acids is 1. The van der Waals surface area contributed by atoms with Crippen LogP contribution in [0.3, 0.4) is 0 Å². The number of halogens is 1. The molecule has 0 spiro atoms. The fourth-order valence-corrected chi connectivity index (χ4v) is 3.45. The predicted octanol–water partition coefficient (Wildman–Crippen LogP) is 3.14. The molecule has 0 radical (unpaired) electrons. The van der Waals surface area contributed by atoms with Gasteiger partial charge in [-0.1, -0.05) is 11.6 Å². The second kappa shape index (κ2) is 5.35. The summed E-state index contributed by atoms with van der Waals surface area (Å²) in [6.07, 6.45) is 5.54. The summed E-state index contributed by atoms with van der Waals surface area (Å²) in [5.74, 6) is 1.56. The fourth-order valence-electron chi connectivity index (χ4n) is 2.44. The summed E-state index contributed by atoms with van der Waals surface area (Å²) >= 11 is 7.21. The number of imidazole rings is 1. The first-order valence-corrected chi connectivity index (χ1v) is 7.47. The van der Waals surface area contributed by atoms with Gasteiger partial charge >= 0.3 is 0 Å². The summed E-state index contributed by atoms with van der Waals surface area (Å²) in [5, 5.41) is 0. The molecule has 0 aliphatic carbocycles. The predicted molar refractivity (Wildman–Crippen MR) is 75.8 cm³/mol. The maximum atomic E-state index is 12.3. The van der Waals surface area contributed by atoms with Gasteiger partial charge in [-0.05, 0) is 25.0 Å². The Morgan fingerprint density at radius 3 is 2.79 bits per heavy atom. The Labute approximate surface area is 120 Å². The molecule has 0 bridgehead atoms. The summed E-state index contributed by atoms with van der Waals surface area (Å²) < 4.78 is 0.661. The van der Waals surface area contributed by atoms with Gasteiger partial charge < -0.3 is 9.88 Å². The monoisotopic (exact) mass is 295 g/mol. The standard InChI is InChI=1S/C13H14ClN3OS/c14-11-2-1-10(19-11)13(18)17-7-3-9(4-8-17)12-15-5-6-16-12/h1-2,5-6,9H,3-4,7-8H2,(H,15,16). The molecular formula is C13H14ClN3OS. The first-order chi connectivity index (χ1) is 9.24. The van der Waals surface area contributed by atoms with Gasteiger partial charge in [0.05, 0.1) is 9.21 Å². The van der Waals surface area contributed by atoms with Crippen LogP contribution in [0.4, 0.5) is 0 Å². The van der Waals surface area contributed by atoms with Gasteiger partial charge in [0.15, 0.2) is 0 Å². The molecule has 1 aliphatic heterocycles. The Bertz CT molecular complexity index is 558. The van der Waals surface area contributed by atoms with Crippen molar-refractivity contribution in [3.63, 3.8) is 0 Å². The Balaban J connectivity index is 1.62. The van der Waals surface area contributed by atoms with Crippen molar-refractivity contribution in [1.82, 2.24) is 14.9 Å². The average Bonchev–Trinajstić information content (AvgIpc) is 3.09. The van der Waals surface area contributed by atoms with E-state index in [4.69, 9.17) is 11.6 Å². The van der Waals surface area contributed by atoms with Crippen molar-refractivity contribution in [3.8, 4) is 0 Å². The molecule has 1 aliphatic rings. The summed E-state index contributed by atoms with van der Waals surface area (Å²) in [6, 6.07) is 3.57. The van der Waals surface area contributed by atoms with Crippen molar-refractivity contribution < 1.29 is 4.79 Å². The van der Waals surface area contributed by atoms with Gasteiger partial charge in [0.2, 0.25) is 0 Å². The molecule has 3 rings (SSSR count). The van der Waals surface area contributed by atoms with E-state index >= 15 is 0 Å². The number of H-pyrrole nitrogens is 1. The highest BCUT2D eigenvalue weighted by atomic mass is 35.5. The number of thiophene rings is 1. The van der Waals surface area contributed by atoms with Crippen LogP contribution in [0.25, 0.3) is 0 Å². The van der Waals surface area contributed by atoms with Crippen LogP contribution < -0.4 is 0 Å². The van der Waals surface area contributed by atoms with Crippen molar-refractivity contribution in [2.24, 2.45) is 0 Å². The Morgan fingerprint density at radius 2 is 2.21 bits per heavy atom. The van der Waals surface area contributed by atoms with Crippen molar-refractivity contribution in [3.05, 3.63) is 39.6 Å². The number of aromatic amines is 1. The number of piperidine rings is 1. The normalized spacial score (nSPS) is 16.8. The van der Waals surface area contributed by atoms with E-state index in [1.54, 1.807) is 18.3 Å². The highest BCUT2D eigenvalue weighted by Crippen LogP contribution is 2.28. The molecular weight excluding hydrogens is 282 g/mol. The van der Waals surface area contributed by atoms with E-state index in [1.807, 2.05) is 11.1 Å². The topological polar surface area (TPSA) is 49.0 Å². The average molecular weight is 296 g/mol. The van der Waals surface area contributed by atoms with Crippen LogP contribution in [0, 0.1) is 0 Å². The maximum absolute atomic E-state index is 12.3. The molecule has 1 saturated heterocycles. The molecule has 0 unspecified atom stereocenters. The zero-order valence-corrected chi connectivity index (χ0v) is 11.9. The minimum Gasteiger partial charge on any atom is -0.348 e. The number of likely N-dealkylation sites (tertiary alicyclic amines) is 1. The quantitative estimate of drug-likeness (QED) is 0.925. The van der Waals surface area contributed by atoms with E-state index < -0.39 is 0 Å². The van der Waals surface area contributed by atoms with Crippen LogP contribution in [-0.2, 0) is 0 Å². The number of nitrogens with one attached hydrogen (secondary N) is 1. The van der Waals surface area contributed by atoms with Crippen molar-refractivity contribution in [2.45, 2.75) is 18.8 Å². The molecule has 2 aromatic rings. The van der Waals surface area contributed by atoms with E-state index in [-0.39, 0.29) is 5.91 Å². The number of rotatable bonds is 2. The zero-order chi connectivity index (χ0) is 13.2. The molecule has 0 aromatic carbocycles. The molecule has 4 nitrogen and oxygen atoms in total. The van der Waals surface area contributed by atoms with E-state index in [0.29, 0.717) is 10.3 Å². The number of hydrogen-bond acceptors (Lipinski definition) is 3. The molecule has 6 heteroatoms. The van der Waals surface area contributed by atoms with Crippen molar-refractivity contribution in [2.75, 3.05) is 13.1 Å². The van der Waals surface area contributed by atoms with E-state index in [9.17, 15) is 4.79 Å². The lowest BCUT2D eigenvalue weighted by atomic mass is 9.96. The minimum absolute atomic E-state index is 0.0924. The lowest BCUT2D eigenvalue weighted by Gasteiger charge is -2.30. The number of carbonyl (C=O) groups is 1. The molecule has 100 valence electrons. The summed E-state index contributed by atoms with van der Waals surface area (Å²) in [5.41, 5.74) is 0. The lowest BCUT2D eigenvalue weighted by molar-refractivity contribution is 0.0716. The van der Waals surface area contributed by atoms with E-state index in [2.05, 4.69) is 9.97 Å². The molecule has 1 amide bonds. The third-order valence-electron chi connectivity index (χ3n) is 3.47. The van der Waals surface area contributed by atoms with E-state index in [0.717, 1.165) is 36.6 Å². The molecule has 1 N–H and O–H groups in total. The van der Waals surface area contributed by atoms with E-state index in [1.165, 1.54) is 11.3 Å². The van der Waals surface area contributed by atoms with Gasteiger partial charge in [-0.2, -0.15) is 0 Å². The number of amides is 1. The van der Waals surface area contributed by atoms with Crippen LogP contribution in [0.1, 0.15) is 34.3 Å². The highest BCUT2D eigenvalue weighted by Gasteiger charge is 2.26. The smallest absolute Gasteiger partial charge is 0.263 e. The van der Waals surface area contributed by atoms with Crippen LogP contribution >= 0.6 is 22.9 Å². The van der Waals surface area contributed by atoms with Crippen LogP contribution in [0.2, 0.25) is 4.34 Å². The summed E-state index contributed by atoms with van der Waals surface area (Å²) in [6.45, 7) is 1.55. The van der Waals surface area contributed by atoms with Crippen molar-refractivity contribution in [1.29, 1.82) is 0 Å². The lowest BCUT2D eigenvalue weighted by Crippen LogP contribution is -2.37. The SMILES string of the molecule is O=C(c1ccc(Cl)s1)N1CCC(c2ncc[nH]2)CC1. The van der Waals surface area contributed by atoms with Gasteiger partial charge in [-0.15, -0.1) is 11.3 Å². The zero-order valence-electron chi connectivity index (χ0n) is 10.3. The highest BCUT2D eigenvalue weighted by molar-refractivity contribution is 7.17. The Kier molecular flexibility index (Phi) is 3.57. The third kappa shape index (κ3) is 2.67. The van der Waals surface area contributed by atoms with Gasteiger partial charge in [0, 0.05) is 31.4 Å². The number of aromatic nitrogens is 2. The molecule has 19 heavy (non-hydrogen) atoms. The summed E-state index contributed by atoms with van der Waals surface area (Å²) in [4.78, 5) is 22.3. The molecule has 1 fully saturated rings. The Hall–Kier alpha value is -1.33. The van der Waals surface area contributed by atoms with Crippen LogP contribution in [-0.4, -0.2) is 33.9 Å². The van der Waals surface area contributed by atoms with Gasteiger partial charge in [0.25, 0.3) is 5.91 Å². The first kappa shape index (κ1) is 12.7. The molecule has 0 atom stereocenters. The van der Waals surface area contributed by atoms with Crippen LogP contribution in [0.15, 0.2) is 24.5 Å². The second-order valence-electron chi connectivity index (χ2n) is 4.64. The van der Waals surface area contributed by atoms with Gasteiger partial charge in [-0.25, -0.2) is 4.98 Å². The number of hydrogen-bond donors (Lipinski definition) is 1. The first-order valence-electron chi connectivity index (χ1n) is 6.28. The number of nitrogens with zero attached hydrogens (tertiary/aromatic N) is 2. The van der Waals surface area contributed by atoms with Crippen molar-refractivity contribution >= 4 is 28.8 Å². The van der Waals surface area contributed by atoms with Gasteiger partial charge in [0.1, 0.15) is 5.82 Å². The van der Waals surface area contributed by atoms with Crippen LogP contribution in [0.5, 0.6) is 0 Å². The minimum atomic E-state index is 0.0924. The Morgan fingerprint density at radius 1 is 1.42 bits per heavy atom. The molecule has 2 aromatic heterocycles. The summed E-state index contributed by atoms with van der Waals surface area (Å²) in [7, 11) is 0. The fraction of sp³-hybridized carbons (Fsp3) is 0.385. The second-order valence-corrected chi connectivity index (χ2v) is 6.36. The largest absolute Gasteiger partial charge is 0.348 e. The maximum Gasteiger partial charge on any atom is 0.263 e. The third-order valence-corrected chi connectivity index (χ3v) is 4.69. The molecule has 0 saturated carbocycles.